The van der Waals surface area contributed by atoms with Crippen molar-refractivity contribution in [3.63, 3.8) is 0 Å². The van der Waals surface area contributed by atoms with Crippen LogP contribution in [-0.4, -0.2) is 48.9 Å². The van der Waals surface area contributed by atoms with Gasteiger partial charge >= 0.3 is 0 Å². The Morgan fingerprint density at radius 3 is 2.36 bits per heavy atom. The maximum atomic E-state index is 12.7. The number of sulfonamides is 1. The molecule has 1 saturated heterocycles. The van der Waals surface area contributed by atoms with Crippen molar-refractivity contribution in [1.82, 2.24) is 9.21 Å². The summed E-state index contributed by atoms with van der Waals surface area (Å²) in [5.74, 6) is 0.170. The molecule has 0 N–H and O–H groups in total. The molecule has 1 aromatic rings. The molecule has 0 radical (unpaired) electrons. The second-order valence-electron chi connectivity index (χ2n) is 6.26. The minimum Gasteiger partial charge on any atom is -0.336 e. The van der Waals surface area contributed by atoms with E-state index < -0.39 is 16.1 Å². The summed E-state index contributed by atoms with van der Waals surface area (Å²) < 4.78 is 25.2. The van der Waals surface area contributed by atoms with Crippen molar-refractivity contribution in [2.24, 2.45) is 5.92 Å². The quantitative estimate of drug-likeness (QED) is 0.828. The zero-order chi connectivity index (χ0) is 16.3. The molecule has 1 aromatic carbocycles. The summed E-state index contributed by atoms with van der Waals surface area (Å²) in [7, 11) is -3.36. The van der Waals surface area contributed by atoms with Crippen molar-refractivity contribution in [3.05, 3.63) is 35.9 Å². The number of carbonyl (C=O) groups is 1. The summed E-state index contributed by atoms with van der Waals surface area (Å²) in [6.45, 7) is 5.35. The fourth-order valence-electron chi connectivity index (χ4n) is 2.84. The third-order valence-electron chi connectivity index (χ3n) is 3.87. The lowest BCUT2D eigenvalue weighted by atomic mass is 10.0. The predicted molar refractivity (Wildman–Crippen MR) is 86.7 cm³/mol. The van der Waals surface area contributed by atoms with Gasteiger partial charge in [-0.05, 0) is 17.9 Å². The second kappa shape index (κ2) is 6.79. The lowest BCUT2D eigenvalue weighted by molar-refractivity contribution is -0.140. The Labute approximate surface area is 133 Å². The van der Waals surface area contributed by atoms with E-state index in [0.717, 1.165) is 5.56 Å². The Balaban J connectivity index is 2.19. The smallest absolute Gasteiger partial charge is 0.241 e. The number of hydrogen-bond donors (Lipinski definition) is 0. The number of rotatable bonds is 5. The van der Waals surface area contributed by atoms with Crippen LogP contribution in [0, 0.1) is 5.92 Å². The van der Waals surface area contributed by atoms with Crippen molar-refractivity contribution in [3.8, 4) is 0 Å². The van der Waals surface area contributed by atoms with Gasteiger partial charge in [0, 0.05) is 19.6 Å². The number of nitrogens with zero attached hydrogens (tertiary/aromatic N) is 2. The maximum Gasteiger partial charge on any atom is 0.241 e. The first kappa shape index (κ1) is 17.0. The number of hydrogen-bond acceptors (Lipinski definition) is 3. The molecule has 22 heavy (non-hydrogen) atoms. The van der Waals surface area contributed by atoms with Crippen LogP contribution in [0.1, 0.15) is 25.8 Å². The van der Waals surface area contributed by atoms with Gasteiger partial charge in [-0.3, -0.25) is 4.79 Å². The highest BCUT2D eigenvalue weighted by molar-refractivity contribution is 7.88. The summed E-state index contributed by atoms with van der Waals surface area (Å²) in [5.41, 5.74) is 1.06. The van der Waals surface area contributed by atoms with Crippen molar-refractivity contribution >= 4 is 15.9 Å². The number of benzene rings is 1. The molecule has 6 heteroatoms. The van der Waals surface area contributed by atoms with E-state index in [4.69, 9.17) is 0 Å². The van der Waals surface area contributed by atoms with Gasteiger partial charge in [0.25, 0.3) is 0 Å². The van der Waals surface area contributed by atoms with Crippen LogP contribution in [0.2, 0.25) is 0 Å². The first-order valence-corrected chi connectivity index (χ1v) is 9.43. The fraction of sp³-hybridized carbons (Fsp3) is 0.562. The lowest BCUT2D eigenvalue weighted by Gasteiger charge is -2.40. The van der Waals surface area contributed by atoms with E-state index in [1.54, 1.807) is 4.90 Å². The topological polar surface area (TPSA) is 57.7 Å². The third kappa shape index (κ3) is 4.08. The minimum absolute atomic E-state index is 0.0887. The highest BCUT2D eigenvalue weighted by Gasteiger charge is 2.39. The van der Waals surface area contributed by atoms with E-state index in [1.807, 2.05) is 44.2 Å². The highest BCUT2D eigenvalue weighted by atomic mass is 32.2. The molecule has 1 fully saturated rings. The number of carbonyl (C=O) groups excluding carboxylic acids is 1. The molecule has 0 aliphatic carbocycles. The van der Waals surface area contributed by atoms with E-state index >= 15 is 0 Å². The van der Waals surface area contributed by atoms with Crippen LogP contribution in [0.5, 0.6) is 0 Å². The molecule has 1 aliphatic rings. The SMILES string of the molecule is CC(C)C[C@H]1C(=O)N(Cc2ccccc2)CCN1S(C)(=O)=O. The van der Waals surface area contributed by atoms with Gasteiger partial charge in [-0.2, -0.15) is 4.31 Å². The molecule has 1 atom stereocenters. The van der Waals surface area contributed by atoms with Crippen LogP contribution in [0.3, 0.4) is 0 Å². The summed E-state index contributed by atoms with van der Waals surface area (Å²) in [5, 5.41) is 0. The van der Waals surface area contributed by atoms with Gasteiger partial charge in [-0.15, -0.1) is 0 Å². The van der Waals surface area contributed by atoms with Crippen LogP contribution in [0.25, 0.3) is 0 Å². The van der Waals surface area contributed by atoms with Crippen molar-refractivity contribution in [2.75, 3.05) is 19.3 Å². The largest absolute Gasteiger partial charge is 0.336 e. The first-order chi connectivity index (χ1) is 10.3. The third-order valence-corrected chi connectivity index (χ3v) is 5.16. The molecule has 1 amide bonds. The fourth-order valence-corrected chi connectivity index (χ4v) is 3.89. The average molecular weight is 324 g/mol. The molecule has 0 saturated carbocycles. The summed E-state index contributed by atoms with van der Waals surface area (Å²) in [6.07, 6.45) is 1.73. The second-order valence-corrected chi connectivity index (χ2v) is 8.20. The zero-order valence-corrected chi connectivity index (χ0v) is 14.2. The van der Waals surface area contributed by atoms with Crippen LogP contribution < -0.4 is 0 Å². The zero-order valence-electron chi connectivity index (χ0n) is 13.4. The van der Waals surface area contributed by atoms with Gasteiger partial charge in [0.2, 0.25) is 15.9 Å². The molecular formula is C16H24N2O3S. The molecular weight excluding hydrogens is 300 g/mol. The summed E-state index contributed by atoms with van der Waals surface area (Å²) in [4.78, 5) is 14.5. The molecule has 0 spiro atoms. The van der Waals surface area contributed by atoms with Crippen LogP contribution in [-0.2, 0) is 21.4 Å². The van der Waals surface area contributed by atoms with Crippen molar-refractivity contribution in [2.45, 2.75) is 32.9 Å². The van der Waals surface area contributed by atoms with Crippen molar-refractivity contribution in [1.29, 1.82) is 0 Å². The number of piperazine rings is 1. The predicted octanol–water partition coefficient (Wildman–Crippen LogP) is 1.71. The Hall–Kier alpha value is -1.40. The summed E-state index contributed by atoms with van der Waals surface area (Å²) >= 11 is 0. The van der Waals surface area contributed by atoms with E-state index in [-0.39, 0.29) is 11.8 Å². The minimum atomic E-state index is -3.36. The van der Waals surface area contributed by atoms with Gasteiger partial charge < -0.3 is 4.90 Å². The van der Waals surface area contributed by atoms with E-state index in [1.165, 1.54) is 10.6 Å². The summed E-state index contributed by atoms with van der Waals surface area (Å²) in [6, 6.07) is 9.21. The van der Waals surface area contributed by atoms with Crippen LogP contribution in [0.4, 0.5) is 0 Å². The Bertz CT molecular complexity index is 614. The van der Waals surface area contributed by atoms with Crippen LogP contribution in [0.15, 0.2) is 30.3 Å². The molecule has 1 aliphatic heterocycles. The lowest BCUT2D eigenvalue weighted by Crippen LogP contribution is -2.58. The Morgan fingerprint density at radius 1 is 1.18 bits per heavy atom. The van der Waals surface area contributed by atoms with Gasteiger partial charge in [0.15, 0.2) is 0 Å². The molecule has 122 valence electrons. The van der Waals surface area contributed by atoms with Gasteiger partial charge in [0.05, 0.1) is 6.26 Å². The van der Waals surface area contributed by atoms with Crippen molar-refractivity contribution < 1.29 is 13.2 Å². The normalized spacial score (nSPS) is 20.6. The molecule has 0 aromatic heterocycles. The number of amides is 1. The Kier molecular flexibility index (Phi) is 5.24. The van der Waals surface area contributed by atoms with Crippen LogP contribution >= 0.6 is 0 Å². The molecule has 0 unspecified atom stereocenters. The molecule has 2 rings (SSSR count). The standard InChI is InChI=1S/C16H24N2O3S/c1-13(2)11-15-16(19)17(9-10-18(15)22(3,20)21)12-14-7-5-4-6-8-14/h4-8,13,15H,9-12H2,1-3H3/t15-/m0/s1. The molecule has 1 heterocycles. The van der Waals surface area contributed by atoms with E-state index in [0.29, 0.717) is 26.1 Å². The van der Waals surface area contributed by atoms with Gasteiger partial charge in [-0.1, -0.05) is 44.2 Å². The Morgan fingerprint density at radius 2 is 1.82 bits per heavy atom. The first-order valence-electron chi connectivity index (χ1n) is 7.58. The monoisotopic (exact) mass is 324 g/mol. The molecule has 5 nitrogen and oxygen atoms in total. The molecule has 0 bridgehead atoms. The average Bonchev–Trinajstić information content (AvgIpc) is 2.42. The highest BCUT2D eigenvalue weighted by Crippen LogP contribution is 2.22. The van der Waals surface area contributed by atoms with E-state index in [2.05, 4.69) is 0 Å². The van der Waals surface area contributed by atoms with Gasteiger partial charge in [0.1, 0.15) is 6.04 Å². The maximum absolute atomic E-state index is 12.7. The van der Waals surface area contributed by atoms with E-state index in [9.17, 15) is 13.2 Å². The van der Waals surface area contributed by atoms with Gasteiger partial charge in [-0.25, -0.2) is 8.42 Å².